The normalized spacial score (nSPS) is 10.3. The predicted octanol–water partition coefficient (Wildman–Crippen LogP) is 3.09. The summed E-state index contributed by atoms with van der Waals surface area (Å²) in [4.78, 5) is 11.2. The van der Waals surface area contributed by atoms with Crippen LogP contribution < -0.4 is 16.2 Å². The van der Waals surface area contributed by atoms with Crippen molar-refractivity contribution in [3.8, 4) is 11.5 Å². The van der Waals surface area contributed by atoms with E-state index in [0.717, 1.165) is 16.7 Å². The molecule has 0 unspecified atom stereocenters. The fraction of sp³-hybridized carbons (Fsp3) is 0.188. The molecule has 2 aromatic rings. The maximum atomic E-state index is 11.2. The van der Waals surface area contributed by atoms with Gasteiger partial charge in [-0.25, -0.2) is 0 Å². The molecule has 4 heteroatoms. The number of hydrogen-bond donors (Lipinski definition) is 2. The Hall–Kier alpha value is -2.49. The van der Waals surface area contributed by atoms with Crippen molar-refractivity contribution in [2.24, 2.45) is 5.73 Å². The molecule has 2 aromatic carbocycles. The van der Waals surface area contributed by atoms with Crippen LogP contribution in [0.5, 0.6) is 11.5 Å². The van der Waals surface area contributed by atoms with Gasteiger partial charge in [-0.05, 0) is 61.7 Å². The summed E-state index contributed by atoms with van der Waals surface area (Å²) in [7, 11) is 0. The summed E-state index contributed by atoms with van der Waals surface area (Å²) in [5, 5.41) is 0. The Morgan fingerprint density at radius 1 is 1.05 bits per heavy atom. The van der Waals surface area contributed by atoms with Crippen LogP contribution in [0.25, 0.3) is 0 Å². The van der Waals surface area contributed by atoms with Gasteiger partial charge < -0.3 is 16.2 Å². The second-order valence-corrected chi connectivity index (χ2v) is 4.95. The number of benzene rings is 2. The minimum atomic E-state index is -0.447. The Balaban J connectivity index is 2.41. The predicted molar refractivity (Wildman–Crippen MR) is 80.1 cm³/mol. The van der Waals surface area contributed by atoms with Gasteiger partial charge in [0, 0.05) is 5.56 Å². The molecule has 0 heterocycles. The molecule has 20 heavy (non-hydrogen) atoms. The first-order valence-electron chi connectivity index (χ1n) is 6.33. The van der Waals surface area contributed by atoms with Crippen LogP contribution in [0.3, 0.4) is 0 Å². The first-order valence-corrected chi connectivity index (χ1v) is 6.33. The second kappa shape index (κ2) is 5.25. The van der Waals surface area contributed by atoms with Crippen molar-refractivity contribution in [2.45, 2.75) is 20.8 Å². The summed E-state index contributed by atoms with van der Waals surface area (Å²) in [6.07, 6.45) is 0. The van der Waals surface area contributed by atoms with Crippen molar-refractivity contribution >= 4 is 11.6 Å². The number of ether oxygens (including phenoxy) is 1. The topological polar surface area (TPSA) is 78.3 Å². The second-order valence-electron chi connectivity index (χ2n) is 4.95. The molecule has 0 aliphatic heterocycles. The third kappa shape index (κ3) is 2.74. The number of rotatable bonds is 3. The van der Waals surface area contributed by atoms with E-state index in [0.29, 0.717) is 22.7 Å². The molecule has 0 aliphatic carbocycles. The van der Waals surface area contributed by atoms with E-state index < -0.39 is 5.91 Å². The molecular weight excluding hydrogens is 252 g/mol. The van der Waals surface area contributed by atoms with Crippen LogP contribution in [0.2, 0.25) is 0 Å². The first-order chi connectivity index (χ1) is 9.38. The van der Waals surface area contributed by atoms with Crippen molar-refractivity contribution in [2.75, 3.05) is 5.73 Å². The minimum Gasteiger partial charge on any atom is -0.455 e. The molecule has 104 valence electrons. The van der Waals surface area contributed by atoms with E-state index in [-0.39, 0.29) is 0 Å². The number of carbonyl (C=O) groups is 1. The molecule has 0 aliphatic rings. The number of amides is 1. The van der Waals surface area contributed by atoms with E-state index in [1.165, 1.54) is 0 Å². The molecular formula is C16H18N2O2. The number of anilines is 1. The number of carbonyl (C=O) groups excluding carboxylic acids is 1. The molecule has 2 rings (SSSR count). The Labute approximate surface area is 118 Å². The van der Waals surface area contributed by atoms with E-state index in [1.54, 1.807) is 12.1 Å². The highest BCUT2D eigenvalue weighted by Crippen LogP contribution is 2.33. The quantitative estimate of drug-likeness (QED) is 0.841. The summed E-state index contributed by atoms with van der Waals surface area (Å²) >= 11 is 0. The first kappa shape index (κ1) is 13.9. The van der Waals surface area contributed by atoms with Crippen LogP contribution in [0.4, 0.5) is 5.69 Å². The Morgan fingerprint density at radius 2 is 1.65 bits per heavy atom. The van der Waals surface area contributed by atoms with Crippen LogP contribution in [-0.4, -0.2) is 5.91 Å². The van der Waals surface area contributed by atoms with Gasteiger partial charge in [-0.15, -0.1) is 0 Å². The molecule has 0 bridgehead atoms. The standard InChI is InChI=1S/C16H18N2O2/c1-9-4-5-14(13(17)6-9)20-15-10(2)7-12(16(18)19)8-11(15)3/h4-8H,17H2,1-3H3,(H2,18,19). The van der Waals surface area contributed by atoms with Crippen LogP contribution in [-0.2, 0) is 0 Å². The fourth-order valence-electron chi connectivity index (χ4n) is 2.12. The molecule has 4 N–H and O–H groups in total. The summed E-state index contributed by atoms with van der Waals surface area (Å²) < 4.78 is 5.88. The van der Waals surface area contributed by atoms with E-state index in [4.69, 9.17) is 16.2 Å². The molecule has 0 spiro atoms. The van der Waals surface area contributed by atoms with E-state index >= 15 is 0 Å². The molecule has 0 fully saturated rings. The van der Waals surface area contributed by atoms with Crippen molar-refractivity contribution in [3.63, 3.8) is 0 Å². The number of nitrogens with two attached hydrogens (primary N) is 2. The highest BCUT2D eigenvalue weighted by atomic mass is 16.5. The maximum Gasteiger partial charge on any atom is 0.248 e. The number of aryl methyl sites for hydroxylation is 3. The van der Waals surface area contributed by atoms with Gasteiger partial charge in [0.15, 0.2) is 0 Å². The summed E-state index contributed by atoms with van der Waals surface area (Å²) in [5.74, 6) is 0.858. The van der Waals surface area contributed by atoms with Gasteiger partial charge in [0.05, 0.1) is 5.69 Å². The largest absolute Gasteiger partial charge is 0.455 e. The maximum absolute atomic E-state index is 11.2. The van der Waals surface area contributed by atoms with Crippen molar-refractivity contribution in [1.82, 2.24) is 0 Å². The third-order valence-electron chi connectivity index (χ3n) is 3.12. The lowest BCUT2D eigenvalue weighted by atomic mass is 10.1. The van der Waals surface area contributed by atoms with Crippen molar-refractivity contribution in [1.29, 1.82) is 0 Å². The highest BCUT2D eigenvalue weighted by molar-refractivity contribution is 5.93. The Morgan fingerprint density at radius 3 is 2.15 bits per heavy atom. The molecule has 0 aromatic heterocycles. The summed E-state index contributed by atoms with van der Waals surface area (Å²) in [5.41, 5.74) is 15.1. The zero-order chi connectivity index (χ0) is 14.9. The molecule has 0 saturated carbocycles. The lowest BCUT2D eigenvalue weighted by molar-refractivity contribution is 0.1000. The molecule has 1 amide bonds. The van der Waals surface area contributed by atoms with Crippen LogP contribution in [0.1, 0.15) is 27.0 Å². The number of nitrogen functional groups attached to an aromatic ring is 1. The van der Waals surface area contributed by atoms with Gasteiger partial charge in [0.1, 0.15) is 11.5 Å². The minimum absolute atomic E-state index is 0.447. The van der Waals surface area contributed by atoms with Gasteiger partial charge in [-0.3, -0.25) is 4.79 Å². The van der Waals surface area contributed by atoms with E-state index in [9.17, 15) is 4.79 Å². The zero-order valence-electron chi connectivity index (χ0n) is 11.9. The number of hydrogen-bond acceptors (Lipinski definition) is 3. The monoisotopic (exact) mass is 270 g/mol. The average molecular weight is 270 g/mol. The average Bonchev–Trinajstić information content (AvgIpc) is 2.35. The van der Waals surface area contributed by atoms with Gasteiger partial charge in [0.25, 0.3) is 0 Å². The smallest absolute Gasteiger partial charge is 0.248 e. The van der Waals surface area contributed by atoms with Gasteiger partial charge in [0.2, 0.25) is 5.91 Å². The molecule has 4 nitrogen and oxygen atoms in total. The zero-order valence-corrected chi connectivity index (χ0v) is 11.9. The third-order valence-corrected chi connectivity index (χ3v) is 3.12. The Bertz CT molecular complexity index is 655. The molecule has 0 atom stereocenters. The van der Waals surface area contributed by atoms with Gasteiger partial charge >= 0.3 is 0 Å². The van der Waals surface area contributed by atoms with E-state index in [1.807, 2.05) is 39.0 Å². The van der Waals surface area contributed by atoms with Gasteiger partial charge in [-0.2, -0.15) is 0 Å². The molecule has 0 radical (unpaired) electrons. The summed E-state index contributed by atoms with van der Waals surface area (Å²) in [6.45, 7) is 5.72. The number of primary amides is 1. The van der Waals surface area contributed by atoms with Gasteiger partial charge in [-0.1, -0.05) is 6.07 Å². The van der Waals surface area contributed by atoms with E-state index in [2.05, 4.69) is 0 Å². The fourth-order valence-corrected chi connectivity index (χ4v) is 2.12. The van der Waals surface area contributed by atoms with Crippen molar-refractivity contribution in [3.05, 3.63) is 52.6 Å². The summed E-state index contributed by atoms with van der Waals surface area (Å²) in [6, 6.07) is 9.07. The lowest BCUT2D eigenvalue weighted by Crippen LogP contribution is -2.11. The SMILES string of the molecule is Cc1ccc(Oc2c(C)cc(C(N)=O)cc2C)c(N)c1. The Kier molecular flexibility index (Phi) is 3.66. The molecule has 0 saturated heterocycles. The van der Waals surface area contributed by atoms with Crippen LogP contribution in [0, 0.1) is 20.8 Å². The van der Waals surface area contributed by atoms with Crippen LogP contribution >= 0.6 is 0 Å². The van der Waals surface area contributed by atoms with Crippen LogP contribution in [0.15, 0.2) is 30.3 Å². The lowest BCUT2D eigenvalue weighted by Gasteiger charge is -2.14. The van der Waals surface area contributed by atoms with Crippen molar-refractivity contribution < 1.29 is 9.53 Å². The highest BCUT2D eigenvalue weighted by Gasteiger charge is 2.11.